The highest BCUT2D eigenvalue weighted by Gasteiger charge is 2.32. The number of rotatable bonds is 15. The van der Waals surface area contributed by atoms with E-state index in [4.69, 9.17) is 22.3 Å². The van der Waals surface area contributed by atoms with E-state index >= 15 is 0 Å². The first kappa shape index (κ1) is 28.2. The number of carboxylic acid groups (broad SMARTS) is 1. The van der Waals surface area contributed by atoms with Crippen molar-refractivity contribution in [3.05, 3.63) is 0 Å². The molecule has 14 heteroatoms. The van der Waals surface area contributed by atoms with Crippen molar-refractivity contribution in [2.24, 2.45) is 17.2 Å². The lowest BCUT2D eigenvalue weighted by atomic mass is 10.1. The number of nitrogens with two attached hydrogens (primary N) is 3. The highest BCUT2D eigenvalue weighted by atomic mass is 16.4. The number of nitrogens with one attached hydrogen (secondary N) is 3. The molecule has 0 spiro atoms. The molecule has 0 aromatic rings. The summed E-state index contributed by atoms with van der Waals surface area (Å²) in [5.41, 5.74) is 16.2. The summed E-state index contributed by atoms with van der Waals surface area (Å²) in [6, 6.07) is -5.78. The molecule has 0 fully saturated rings. The Hall–Kier alpha value is -2.81. The molecule has 178 valence electrons. The van der Waals surface area contributed by atoms with Crippen LogP contribution in [-0.4, -0.2) is 88.3 Å². The Morgan fingerprint density at radius 3 is 1.94 bits per heavy atom. The van der Waals surface area contributed by atoms with Crippen LogP contribution in [0.5, 0.6) is 0 Å². The van der Waals surface area contributed by atoms with Crippen molar-refractivity contribution in [3.63, 3.8) is 0 Å². The lowest BCUT2D eigenvalue weighted by Gasteiger charge is -2.24. The zero-order chi connectivity index (χ0) is 24.1. The third-order valence-electron chi connectivity index (χ3n) is 4.21. The number of amides is 4. The minimum absolute atomic E-state index is 0.283. The van der Waals surface area contributed by atoms with Crippen molar-refractivity contribution in [3.8, 4) is 0 Å². The van der Waals surface area contributed by atoms with E-state index in [0.29, 0.717) is 19.4 Å². The molecule has 0 heterocycles. The molecule has 5 atom stereocenters. The van der Waals surface area contributed by atoms with Crippen LogP contribution in [0.4, 0.5) is 0 Å². The zero-order valence-corrected chi connectivity index (χ0v) is 17.2. The monoisotopic (exact) mass is 448 g/mol. The van der Waals surface area contributed by atoms with E-state index in [1.165, 1.54) is 0 Å². The summed E-state index contributed by atoms with van der Waals surface area (Å²) < 4.78 is 0. The molecule has 0 aliphatic carbocycles. The predicted octanol–water partition coefficient (Wildman–Crippen LogP) is -4.77. The van der Waals surface area contributed by atoms with Crippen LogP contribution < -0.4 is 33.2 Å². The molecule has 0 bridgehead atoms. The second-order valence-electron chi connectivity index (χ2n) is 6.93. The van der Waals surface area contributed by atoms with Crippen molar-refractivity contribution in [2.75, 3.05) is 13.2 Å². The number of carbonyl (C=O) groups is 5. The summed E-state index contributed by atoms with van der Waals surface area (Å²) in [7, 11) is 0. The Kier molecular flexibility index (Phi) is 12.9. The van der Waals surface area contributed by atoms with Crippen molar-refractivity contribution in [2.45, 2.75) is 62.9 Å². The highest BCUT2D eigenvalue weighted by molar-refractivity contribution is 5.96. The molecule has 31 heavy (non-hydrogen) atoms. The van der Waals surface area contributed by atoms with E-state index in [1.807, 2.05) is 5.32 Å². The van der Waals surface area contributed by atoms with Gasteiger partial charge in [0.1, 0.15) is 12.1 Å². The normalized spacial score (nSPS) is 15.6. The van der Waals surface area contributed by atoms with Crippen LogP contribution in [0.25, 0.3) is 0 Å². The molecule has 4 amide bonds. The molecule has 0 aliphatic heterocycles. The Morgan fingerprint density at radius 2 is 1.48 bits per heavy atom. The number of primary amides is 1. The minimum Gasteiger partial charge on any atom is -0.480 e. The summed E-state index contributed by atoms with van der Waals surface area (Å²) in [5, 5.41) is 34.1. The van der Waals surface area contributed by atoms with E-state index in [-0.39, 0.29) is 6.42 Å². The number of aliphatic hydroxyl groups is 2. The van der Waals surface area contributed by atoms with Gasteiger partial charge in [-0.1, -0.05) is 6.42 Å². The van der Waals surface area contributed by atoms with Crippen LogP contribution in [0.2, 0.25) is 0 Å². The van der Waals surface area contributed by atoms with Gasteiger partial charge in [0.15, 0.2) is 6.04 Å². The first-order valence-corrected chi connectivity index (χ1v) is 9.61. The fraction of sp³-hybridized carbons (Fsp3) is 0.706. The summed E-state index contributed by atoms with van der Waals surface area (Å²) in [6.07, 6.45) is -0.579. The van der Waals surface area contributed by atoms with E-state index in [1.54, 1.807) is 0 Å². The van der Waals surface area contributed by atoms with Crippen LogP contribution >= 0.6 is 0 Å². The summed E-state index contributed by atoms with van der Waals surface area (Å²) in [6.45, 7) is 0.615. The third kappa shape index (κ3) is 10.7. The third-order valence-corrected chi connectivity index (χ3v) is 4.21. The number of unbranched alkanes of at least 4 members (excludes halogenated alkanes) is 1. The van der Waals surface area contributed by atoms with E-state index in [9.17, 15) is 34.2 Å². The SMILES string of the molecule is CC(O)C(NC(=O)C(CO)NC(=O)C(CC(N)=O)NC(=O)C(N)CCCCN)C(=O)O. The molecule has 0 aliphatic rings. The standard InChI is InChI=1S/C17H32N6O8/c1-8(25)13(17(30)31)23-16(29)11(7-24)22-15(28)10(6-12(20)26)21-14(27)9(19)4-2-3-5-18/h8-11,13,24-25H,2-7,18-19H2,1H3,(H2,20,26)(H,21,27)(H,22,28)(H,23,29)(H,30,31). The van der Waals surface area contributed by atoms with Gasteiger partial charge in [-0.2, -0.15) is 0 Å². The van der Waals surface area contributed by atoms with Gasteiger partial charge in [0.2, 0.25) is 23.6 Å². The quantitative estimate of drug-likeness (QED) is 0.108. The lowest BCUT2D eigenvalue weighted by Crippen LogP contribution is -2.59. The van der Waals surface area contributed by atoms with Crippen molar-refractivity contribution >= 4 is 29.6 Å². The van der Waals surface area contributed by atoms with Crippen LogP contribution in [0.1, 0.15) is 32.6 Å². The molecule has 0 aromatic carbocycles. The molecule has 12 N–H and O–H groups in total. The molecule has 0 rings (SSSR count). The number of aliphatic carboxylic acids is 1. The molecular formula is C17H32N6O8. The molecule has 5 unspecified atom stereocenters. The largest absolute Gasteiger partial charge is 0.480 e. The second kappa shape index (κ2) is 14.2. The molecule has 0 saturated carbocycles. The Labute approximate surface area is 178 Å². The minimum atomic E-state index is -1.69. The van der Waals surface area contributed by atoms with E-state index in [0.717, 1.165) is 6.92 Å². The van der Waals surface area contributed by atoms with Gasteiger partial charge in [-0.15, -0.1) is 0 Å². The van der Waals surface area contributed by atoms with Gasteiger partial charge in [0.05, 0.1) is 25.2 Å². The average molecular weight is 448 g/mol. The molecule has 0 aromatic heterocycles. The smallest absolute Gasteiger partial charge is 0.328 e. The number of hydrogen-bond acceptors (Lipinski definition) is 9. The lowest BCUT2D eigenvalue weighted by molar-refractivity contribution is -0.145. The van der Waals surface area contributed by atoms with E-state index < -0.39 is 72.9 Å². The summed E-state index contributed by atoms with van der Waals surface area (Å²) >= 11 is 0. The topological polar surface area (TPSA) is 260 Å². The number of hydrogen-bond donors (Lipinski definition) is 9. The average Bonchev–Trinajstić information content (AvgIpc) is 2.68. The van der Waals surface area contributed by atoms with Gasteiger partial charge in [-0.3, -0.25) is 19.2 Å². The van der Waals surface area contributed by atoms with Crippen LogP contribution in [0.3, 0.4) is 0 Å². The second-order valence-corrected chi connectivity index (χ2v) is 6.93. The fourth-order valence-electron chi connectivity index (χ4n) is 2.44. The Balaban J connectivity index is 5.17. The predicted molar refractivity (Wildman–Crippen MR) is 107 cm³/mol. The van der Waals surface area contributed by atoms with Gasteiger partial charge in [-0.05, 0) is 26.3 Å². The maximum absolute atomic E-state index is 12.5. The van der Waals surface area contributed by atoms with Crippen molar-refractivity contribution in [1.29, 1.82) is 0 Å². The summed E-state index contributed by atoms with van der Waals surface area (Å²) in [4.78, 5) is 59.2. The van der Waals surface area contributed by atoms with Gasteiger partial charge in [0, 0.05) is 0 Å². The van der Waals surface area contributed by atoms with Gasteiger partial charge in [0.25, 0.3) is 0 Å². The molecule has 0 radical (unpaired) electrons. The van der Waals surface area contributed by atoms with Crippen LogP contribution in [0, 0.1) is 0 Å². The first-order valence-electron chi connectivity index (χ1n) is 9.61. The fourth-order valence-corrected chi connectivity index (χ4v) is 2.44. The maximum Gasteiger partial charge on any atom is 0.328 e. The summed E-state index contributed by atoms with van der Waals surface area (Å²) in [5.74, 6) is -5.33. The van der Waals surface area contributed by atoms with Crippen molar-refractivity contribution < 1.29 is 39.3 Å². The molecule has 0 saturated heterocycles. The number of carboxylic acids is 1. The van der Waals surface area contributed by atoms with Gasteiger partial charge in [-0.25, -0.2) is 4.79 Å². The highest BCUT2D eigenvalue weighted by Crippen LogP contribution is 2.01. The Bertz CT molecular complexity index is 644. The maximum atomic E-state index is 12.5. The van der Waals surface area contributed by atoms with Crippen LogP contribution in [0.15, 0.2) is 0 Å². The Morgan fingerprint density at radius 1 is 0.935 bits per heavy atom. The van der Waals surface area contributed by atoms with Gasteiger partial charge < -0.3 is 48.5 Å². The number of aliphatic hydroxyl groups excluding tert-OH is 2. The van der Waals surface area contributed by atoms with Crippen molar-refractivity contribution in [1.82, 2.24) is 16.0 Å². The number of carbonyl (C=O) groups excluding carboxylic acids is 4. The zero-order valence-electron chi connectivity index (χ0n) is 17.2. The molecular weight excluding hydrogens is 416 g/mol. The first-order chi connectivity index (χ1) is 14.4. The molecule has 14 nitrogen and oxygen atoms in total. The van der Waals surface area contributed by atoms with Crippen LogP contribution in [-0.2, 0) is 24.0 Å². The van der Waals surface area contributed by atoms with E-state index in [2.05, 4.69) is 10.6 Å². The van der Waals surface area contributed by atoms with Gasteiger partial charge >= 0.3 is 5.97 Å².